The summed E-state index contributed by atoms with van der Waals surface area (Å²) < 4.78 is 4.96. The lowest BCUT2D eigenvalue weighted by molar-refractivity contribution is -0.151. The van der Waals surface area contributed by atoms with E-state index in [9.17, 15) is 19.2 Å². The number of benzene rings is 1. The van der Waals surface area contributed by atoms with Gasteiger partial charge in [-0.15, -0.1) is 0 Å². The first-order valence-corrected chi connectivity index (χ1v) is 10.4. The van der Waals surface area contributed by atoms with E-state index in [1.807, 2.05) is 0 Å². The van der Waals surface area contributed by atoms with E-state index in [2.05, 4.69) is 24.5 Å². The summed E-state index contributed by atoms with van der Waals surface area (Å²) in [5.41, 5.74) is -0.629. The van der Waals surface area contributed by atoms with Gasteiger partial charge in [-0.25, -0.2) is 4.79 Å². The number of esters is 1. The number of carbonyl (C=O) groups excluding carboxylic acids is 4. The summed E-state index contributed by atoms with van der Waals surface area (Å²) in [5.74, 6) is -1.36. The molecule has 0 saturated carbocycles. The third-order valence-electron chi connectivity index (χ3n) is 5.41. The molecule has 2 rings (SSSR count). The number of urea groups is 1. The summed E-state index contributed by atoms with van der Waals surface area (Å²) in [5, 5.41) is 5.39. The van der Waals surface area contributed by atoms with Gasteiger partial charge >= 0.3 is 12.0 Å². The van der Waals surface area contributed by atoms with Crippen molar-refractivity contribution in [3.8, 4) is 0 Å². The SMILES string of the molecule is CCCC[C@@H](CC)CNC(=O)COC(=O)CN1C(=O)N[C@](C)(c2ccccc2)C1=O. The first kappa shape index (κ1) is 23.4. The molecular weight excluding hydrogens is 386 g/mol. The van der Waals surface area contributed by atoms with Crippen LogP contribution in [0.3, 0.4) is 0 Å². The number of nitrogens with one attached hydrogen (secondary N) is 2. The second-order valence-corrected chi connectivity index (χ2v) is 7.69. The van der Waals surface area contributed by atoms with E-state index in [1.165, 1.54) is 0 Å². The quantitative estimate of drug-likeness (QED) is 0.425. The number of nitrogens with zero attached hydrogens (tertiary/aromatic N) is 1. The molecule has 1 aromatic carbocycles. The summed E-state index contributed by atoms with van der Waals surface area (Å²) in [6.45, 7) is 5.34. The van der Waals surface area contributed by atoms with Crippen molar-refractivity contribution in [1.29, 1.82) is 0 Å². The number of unbranched alkanes of at least 4 members (excludes halogenated alkanes) is 1. The van der Waals surface area contributed by atoms with Gasteiger partial charge in [0.15, 0.2) is 6.61 Å². The van der Waals surface area contributed by atoms with Gasteiger partial charge in [-0.05, 0) is 24.8 Å². The lowest BCUT2D eigenvalue weighted by Crippen LogP contribution is -2.42. The highest BCUT2D eigenvalue weighted by Crippen LogP contribution is 2.28. The van der Waals surface area contributed by atoms with Crippen LogP contribution < -0.4 is 10.6 Å². The molecule has 0 radical (unpaired) electrons. The Labute approximate surface area is 177 Å². The normalized spacial score (nSPS) is 19.4. The molecule has 0 aliphatic carbocycles. The minimum atomic E-state index is -1.25. The minimum Gasteiger partial charge on any atom is -0.454 e. The monoisotopic (exact) mass is 417 g/mol. The lowest BCUT2D eigenvalue weighted by atomic mass is 9.92. The maximum absolute atomic E-state index is 12.8. The number of rotatable bonds is 11. The zero-order valence-electron chi connectivity index (χ0n) is 17.9. The summed E-state index contributed by atoms with van der Waals surface area (Å²) in [6, 6.07) is 8.13. The Morgan fingerprint density at radius 3 is 2.53 bits per heavy atom. The first-order valence-electron chi connectivity index (χ1n) is 10.4. The molecule has 164 valence electrons. The van der Waals surface area contributed by atoms with Crippen molar-refractivity contribution in [2.24, 2.45) is 5.92 Å². The first-order chi connectivity index (χ1) is 14.3. The number of carbonyl (C=O) groups is 4. The molecule has 1 aliphatic heterocycles. The topological polar surface area (TPSA) is 105 Å². The van der Waals surface area contributed by atoms with E-state index in [4.69, 9.17) is 4.74 Å². The van der Waals surface area contributed by atoms with Crippen molar-refractivity contribution in [2.45, 2.75) is 52.0 Å². The molecule has 4 amide bonds. The number of ether oxygens (including phenoxy) is 1. The van der Waals surface area contributed by atoms with E-state index >= 15 is 0 Å². The second kappa shape index (κ2) is 10.8. The molecule has 8 nitrogen and oxygen atoms in total. The Kier molecular flexibility index (Phi) is 8.38. The average molecular weight is 418 g/mol. The maximum Gasteiger partial charge on any atom is 0.326 e. The van der Waals surface area contributed by atoms with E-state index in [0.29, 0.717) is 18.0 Å². The zero-order chi connectivity index (χ0) is 22.1. The Morgan fingerprint density at radius 1 is 1.20 bits per heavy atom. The van der Waals surface area contributed by atoms with Crippen LogP contribution in [0, 0.1) is 5.92 Å². The van der Waals surface area contributed by atoms with Gasteiger partial charge < -0.3 is 15.4 Å². The van der Waals surface area contributed by atoms with E-state index in [1.54, 1.807) is 37.3 Å². The Bertz CT molecular complexity index is 767. The Morgan fingerprint density at radius 2 is 1.90 bits per heavy atom. The van der Waals surface area contributed by atoms with Gasteiger partial charge in [0, 0.05) is 6.54 Å². The van der Waals surface area contributed by atoms with Crippen molar-refractivity contribution < 1.29 is 23.9 Å². The van der Waals surface area contributed by atoms with Crippen molar-refractivity contribution in [1.82, 2.24) is 15.5 Å². The van der Waals surface area contributed by atoms with E-state index < -0.39 is 42.5 Å². The Hall–Kier alpha value is -2.90. The number of imide groups is 1. The third-order valence-corrected chi connectivity index (χ3v) is 5.41. The van der Waals surface area contributed by atoms with E-state index in [-0.39, 0.29) is 0 Å². The van der Waals surface area contributed by atoms with Crippen LogP contribution in [0.15, 0.2) is 30.3 Å². The average Bonchev–Trinajstić information content (AvgIpc) is 2.97. The highest BCUT2D eigenvalue weighted by molar-refractivity contribution is 6.08. The van der Waals surface area contributed by atoms with Crippen LogP contribution in [-0.4, -0.2) is 48.4 Å². The molecule has 0 aromatic heterocycles. The van der Waals surface area contributed by atoms with Crippen molar-refractivity contribution in [3.63, 3.8) is 0 Å². The van der Waals surface area contributed by atoms with Crippen LogP contribution in [0.5, 0.6) is 0 Å². The summed E-state index contributed by atoms with van der Waals surface area (Å²) in [7, 11) is 0. The van der Waals surface area contributed by atoms with Crippen LogP contribution in [0.1, 0.15) is 52.0 Å². The van der Waals surface area contributed by atoms with Crippen LogP contribution in [-0.2, 0) is 24.7 Å². The molecule has 0 bridgehead atoms. The molecule has 0 unspecified atom stereocenters. The fourth-order valence-electron chi connectivity index (χ4n) is 3.38. The van der Waals surface area contributed by atoms with Crippen LogP contribution in [0.2, 0.25) is 0 Å². The standard InChI is InChI=1S/C22H31N3O5/c1-4-6-10-16(5-2)13-23-18(26)15-30-19(27)14-25-20(28)22(3,24-21(25)29)17-11-8-7-9-12-17/h7-9,11-12,16H,4-6,10,13-15H2,1-3H3,(H,23,26)(H,24,29)/t16-,22-/m1/s1. The van der Waals surface area contributed by atoms with Crippen LogP contribution in [0.25, 0.3) is 0 Å². The summed E-state index contributed by atoms with van der Waals surface area (Å²) in [6.07, 6.45) is 4.22. The third kappa shape index (κ3) is 5.81. The summed E-state index contributed by atoms with van der Waals surface area (Å²) in [4.78, 5) is 49.9. The zero-order valence-corrected chi connectivity index (χ0v) is 17.9. The molecule has 1 fully saturated rings. The number of hydrogen-bond acceptors (Lipinski definition) is 5. The molecule has 1 saturated heterocycles. The highest BCUT2D eigenvalue weighted by atomic mass is 16.5. The van der Waals surface area contributed by atoms with Crippen molar-refractivity contribution >= 4 is 23.8 Å². The predicted octanol–water partition coefficient (Wildman–Crippen LogP) is 2.33. The summed E-state index contributed by atoms with van der Waals surface area (Å²) >= 11 is 0. The van der Waals surface area contributed by atoms with Gasteiger partial charge in [0.05, 0.1) is 0 Å². The fraction of sp³-hybridized carbons (Fsp3) is 0.545. The molecule has 8 heteroatoms. The molecule has 2 N–H and O–H groups in total. The van der Waals surface area contributed by atoms with Gasteiger partial charge in [-0.3, -0.25) is 19.3 Å². The highest BCUT2D eigenvalue weighted by Gasteiger charge is 2.49. The fourth-order valence-corrected chi connectivity index (χ4v) is 3.38. The van der Waals surface area contributed by atoms with Gasteiger partial charge in [0.25, 0.3) is 11.8 Å². The minimum absolute atomic E-state index is 0.395. The molecular formula is C22H31N3O5. The Balaban J connectivity index is 1.82. The van der Waals surface area contributed by atoms with E-state index in [0.717, 1.165) is 30.6 Å². The van der Waals surface area contributed by atoms with Crippen LogP contribution in [0.4, 0.5) is 4.79 Å². The predicted molar refractivity (Wildman–Crippen MR) is 111 cm³/mol. The second-order valence-electron chi connectivity index (χ2n) is 7.69. The molecule has 2 atom stereocenters. The molecule has 1 heterocycles. The van der Waals surface area contributed by atoms with Gasteiger partial charge in [-0.1, -0.05) is 63.4 Å². The molecule has 1 aliphatic rings. The largest absolute Gasteiger partial charge is 0.454 e. The van der Waals surface area contributed by atoms with Gasteiger partial charge in [-0.2, -0.15) is 0 Å². The smallest absolute Gasteiger partial charge is 0.326 e. The molecule has 30 heavy (non-hydrogen) atoms. The van der Waals surface area contributed by atoms with Crippen molar-refractivity contribution in [2.75, 3.05) is 19.7 Å². The van der Waals surface area contributed by atoms with Crippen molar-refractivity contribution in [3.05, 3.63) is 35.9 Å². The number of amides is 4. The number of hydrogen-bond donors (Lipinski definition) is 2. The van der Waals surface area contributed by atoms with Crippen LogP contribution >= 0.6 is 0 Å². The molecule has 1 aromatic rings. The van der Waals surface area contributed by atoms with Gasteiger partial charge in [0.1, 0.15) is 12.1 Å². The molecule has 0 spiro atoms. The maximum atomic E-state index is 12.8. The van der Waals surface area contributed by atoms with Gasteiger partial charge in [0.2, 0.25) is 0 Å². The lowest BCUT2D eigenvalue weighted by Gasteiger charge is -2.21.